The number of furan rings is 1. The maximum atomic E-state index is 5.70. The molecule has 0 atom stereocenters. The summed E-state index contributed by atoms with van der Waals surface area (Å²) in [5.41, 5.74) is 0. The van der Waals surface area contributed by atoms with Crippen molar-refractivity contribution in [2.75, 3.05) is 12.4 Å². The molecule has 114 valence electrons. The van der Waals surface area contributed by atoms with E-state index >= 15 is 0 Å². The van der Waals surface area contributed by atoms with Gasteiger partial charge in [0, 0.05) is 17.3 Å². The first-order valence-electron chi connectivity index (χ1n) is 6.68. The summed E-state index contributed by atoms with van der Waals surface area (Å²) in [6.45, 7) is 0.601. The second-order valence-corrected chi connectivity index (χ2v) is 6.47. The van der Waals surface area contributed by atoms with Gasteiger partial charge in [-0.1, -0.05) is 33.8 Å². The molecule has 0 aliphatic carbocycles. The standard InChI is InChI=1S/C15H14BrN3O2S/c1-19-14(13-6-3-7-21-13)17-18-15(19)22-9-8-20-12-5-2-4-11(16)10-12/h2-7,10H,8-9H2,1H3. The van der Waals surface area contributed by atoms with Gasteiger partial charge in [0.05, 0.1) is 12.9 Å². The molecule has 0 aliphatic heterocycles. The SMILES string of the molecule is Cn1c(SCCOc2cccc(Br)c2)nnc1-c1ccco1. The highest BCUT2D eigenvalue weighted by molar-refractivity contribution is 9.10. The summed E-state index contributed by atoms with van der Waals surface area (Å²) >= 11 is 5.02. The van der Waals surface area contributed by atoms with Crippen molar-refractivity contribution >= 4 is 27.7 Å². The zero-order valence-corrected chi connectivity index (χ0v) is 14.3. The Bertz CT molecular complexity index is 743. The lowest BCUT2D eigenvalue weighted by atomic mass is 10.3. The van der Waals surface area contributed by atoms with Gasteiger partial charge in [-0.05, 0) is 30.3 Å². The van der Waals surface area contributed by atoms with Crippen molar-refractivity contribution < 1.29 is 9.15 Å². The Kier molecular flexibility index (Phi) is 4.84. The summed E-state index contributed by atoms with van der Waals surface area (Å²) < 4.78 is 14.0. The molecule has 0 fully saturated rings. The van der Waals surface area contributed by atoms with E-state index in [4.69, 9.17) is 9.15 Å². The van der Waals surface area contributed by atoms with E-state index in [0.29, 0.717) is 12.4 Å². The third kappa shape index (κ3) is 3.53. The van der Waals surface area contributed by atoms with Gasteiger partial charge in [-0.2, -0.15) is 0 Å². The molecule has 0 spiro atoms. The van der Waals surface area contributed by atoms with E-state index in [1.54, 1.807) is 18.0 Å². The number of rotatable bonds is 6. The fourth-order valence-electron chi connectivity index (χ4n) is 1.91. The van der Waals surface area contributed by atoms with E-state index in [9.17, 15) is 0 Å². The molecule has 0 saturated heterocycles. The molecule has 1 aromatic carbocycles. The van der Waals surface area contributed by atoms with Crippen LogP contribution in [0.4, 0.5) is 0 Å². The van der Waals surface area contributed by atoms with Crippen LogP contribution in [0.2, 0.25) is 0 Å². The summed E-state index contributed by atoms with van der Waals surface area (Å²) in [5.74, 6) is 3.08. The minimum atomic E-state index is 0.601. The van der Waals surface area contributed by atoms with Gasteiger partial charge in [-0.25, -0.2) is 0 Å². The van der Waals surface area contributed by atoms with Crippen LogP contribution in [0.1, 0.15) is 0 Å². The lowest BCUT2D eigenvalue weighted by molar-refractivity contribution is 0.343. The van der Waals surface area contributed by atoms with Gasteiger partial charge in [-0.3, -0.25) is 0 Å². The predicted molar refractivity (Wildman–Crippen MR) is 89.1 cm³/mol. The average molecular weight is 380 g/mol. The van der Waals surface area contributed by atoms with Crippen LogP contribution >= 0.6 is 27.7 Å². The van der Waals surface area contributed by atoms with Crippen molar-refractivity contribution in [1.82, 2.24) is 14.8 Å². The molecule has 5 nitrogen and oxygen atoms in total. The molecule has 2 heterocycles. The molecular weight excluding hydrogens is 366 g/mol. The zero-order chi connectivity index (χ0) is 15.4. The largest absolute Gasteiger partial charge is 0.493 e. The van der Waals surface area contributed by atoms with E-state index in [2.05, 4.69) is 26.1 Å². The van der Waals surface area contributed by atoms with Crippen LogP contribution in [0.5, 0.6) is 5.75 Å². The van der Waals surface area contributed by atoms with Crippen molar-refractivity contribution in [1.29, 1.82) is 0 Å². The number of aromatic nitrogens is 3. The van der Waals surface area contributed by atoms with Crippen LogP contribution in [-0.2, 0) is 7.05 Å². The number of hydrogen-bond donors (Lipinski definition) is 0. The first-order valence-corrected chi connectivity index (χ1v) is 8.46. The molecule has 0 amide bonds. The normalized spacial score (nSPS) is 10.8. The fourth-order valence-corrected chi connectivity index (χ4v) is 3.02. The Morgan fingerprint density at radius 1 is 1.27 bits per heavy atom. The molecule has 0 aliphatic rings. The van der Waals surface area contributed by atoms with Crippen LogP contribution in [0.25, 0.3) is 11.6 Å². The highest BCUT2D eigenvalue weighted by atomic mass is 79.9. The van der Waals surface area contributed by atoms with Crippen molar-refractivity contribution in [3.8, 4) is 17.3 Å². The molecule has 22 heavy (non-hydrogen) atoms. The third-order valence-electron chi connectivity index (χ3n) is 2.96. The lowest BCUT2D eigenvalue weighted by Gasteiger charge is -2.06. The predicted octanol–water partition coefficient (Wildman–Crippen LogP) is 4.01. The maximum Gasteiger partial charge on any atom is 0.200 e. The summed E-state index contributed by atoms with van der Waals surface area (Å²) in [4.78, 5) is 0. The summed E-state index contributed by atoms with van der Waals surface area (Å²) in [6, 6.07) is 11.5. The topological polar surface area (TPSA) is 53.1 Å². The second kappa shape index (κ2) is 7.02. The Balaban J connectivity index is 1.54. The Hall–Kier alpha value is -1.73. The maximum absolute atomic E-state index is 5.70. The highest BCUT2D eigenvalue weighted by Crippen LogP contribution is 2.23. The smallest absolute Gasteiger partial charge is 0.200 e. The molecule has 3 aromatic rings. The molecule has 2 aromatic heterocycles. The summed E-state index contributed by atoms with van der Waals surface area (Å²) in [5, 5.41) is 9.18. The number of ether oxygens (including phenoxy) is 1. The summed E-state index contributed by atoms with van der Waals surface area (Å²) in [6.07, 6.45) is 1.63. The van der Waals surface area contributed by atoms with Crippen LogP contribution in [0.15, 0.2) is 56.7 Å². The summed E-state index contributed by atoms with van der Waals surface area (Å²) in [7, 11) is 1.93. The molecule has 0 N–H and O–H groups in total. The van der Waals surface area contributed by atoms with Crippen molar-refractivity contribution in [3.05, 3.63) is 47.1 Å². The van der Waals surface area contributed by atoms with Crippen LogP contribution in [0, 0.1) is 0 Å². The monoisotopic (exact) mass is 379 g/mol. The number of thioether (sulfide) groups is 1. The van der Waals surface area contributed by atoms with Gasteiger partial charge in [0.1, 0.15) is 5.75 Å². The van der Waals surface area contributed by atoms with Gasteiger partial charge in [0.15, 0.2) is 16.7 Å². The van der Waals surface area contributed by atoms with Crippen LogP contribution in [0.3, 0.4) is 0 Å². The molecule has 0 radical (unpaired) electrons. The fraction of sp³-hybridized carbons (Fsp3) is 0.200. The van der Waals surface area contributed by atoms with Gasteiger partial charge in [0.2, 0.25) is 0 Å². The quantitative estimate of drug-likeness (QED) is 0.478. The minimum Gasteiger partial charge on any atom is -0.493 e. The zero-order valence-electron chi connectivity index (χ0n) is 11.9. The number of benzene rings is 1. The Morgan fingerprint density at radius 3 is 2.95 bits per heavy atom. The van der Waals surface area contributed by atoms with Gasteiger partial charge >= 0.3 is 0 Å². The van der Waals surface area contributed by atoms with Crippen LogP contribution < -0.4 is 4.74 Å². The Labute approximate surface area is 140 Å². The van der Waals surface area contributed by atoms with E-state index < -0.39 is 0 Å². The van der Waals surface area contributed by atoms with E-state index in [0.717, 1.165) is 27.0 Å². The molecule has 0 unspecified atom stereocenters. The highest BCUT2D eigenvalue weighted by Gasteiger charge is 2.12. The van der Waals surface area contributed by atoms with E-state index in [1.165, 1.54) is 0 Å². The van der Waals surface area contributed by atoms with Crippen LogP contribution in [-0.4, -0.2) is 27.1 Å². The number of halogens is 1. The lowest BCUT2D eigenvalue weighted by Crippen LogP contribution is -2.02. The number of nitrogens with zero attached hydrogens (tertiary/aromatic N) is 3. The number of hydrogen-bond acceptors (Lipinski definition) is 5. The van der Waals surface area contributed by atoms with Crippen molar-refractivity contribution in [3.63, 3.8) is 0 Å². The van der Waals surface area contributed by atoms with Gasteiger partial charge in [0.25, 0.3) is 0 Å². The van der Waals surface area contributed by atoms with Gasteiger partial charge < -0.3 is 13.7 Å². The Morgan fingerprint density at radius 2 is 2.18 bits per heavy atom. The van der Waals surface area contributed by atoms with E-state index in [1.807, 2.05) is 48.0 Å². The van der Waals surface area contributed by atoms with E-state index in [-0.39, 0.29) is 0 Å². The first kappa shape index (κ1) is 15.2. The average Bonchev–Trinajstić information content (AvgIpc) is 3.14. The minimum absolute atomic E-state index is 0.601. The molecular formula is C15H14BrN3O2S. The molecule has 0 bridgehead atoms. The van der Waals surface area contributed by atoms with Gasteiger partial charge in [-0.15, -0.1) is 10.2 Å². The third-order valence-corrected chi connectivity index (χ3v) is 4.43. The molecule has 7 heteroatoms. The second-order valence-electron chi connectivity index (χ2n) is 4.50. The first-order chi connectivity index (χ1) is 10.7. The van der Waals surface area contributed by atoms with Crippen molar-refractivity contribution in [2.24, 2.45) is 7.05 Å². The molecule has 0 saturated carbocycles. The van der Waals surface area contributed by atoms with Crippen molar-refractivity contribution in [2.45, 2.75) is 5.16 Å². The molecule has 3 rings (SSSR count).